The lowest BCUT2D eigenvalue weighted by atomic mass is 9.99. The number of benzene rings is 3. The van der Waals surface area contributed by atoms with Crippen molar-refractivity contribution >= 4 is 27.6 Å². The van der Waals surface area contributed by atoms with Crippen molar-refractivity contribution in [1.82, 2.24) is 35.0 Å². The van der Waals surface area contributed by atoms with Crippen molar-refractivity contribution < 1.29 is 4.39 Å². The van der Waals surface area contributed by atoms with Crippen LogP contribution in [0.15, 0.2) is 110 Å². The highest BCUT2D eigenvalue weighted by Gasteiger charge is 2.17. The van der Waals surface area contributed by atoms with E-state index < -0.39 is 0 Å². The number of H-pyrrole nitrogens is 2. The lowest BCUT2D eigenvalue weighted by Crippen LogP contribution is -2.13. The second-order valence-corrected chi connectivity index (χ2v) is 12.1. The predicted molar refractivity (Wildman–Crippen MR) is 187 cm³/mol. The number of hydrogen-bond donors (Lipinski definition) is 3. The maximum Gasteiger partial charge on any atom is 0.159 e. The number of pyridine rings is 2. The van der Waals surface area contributed by atoms with Gasteiger partial charge in [-0.25, -0.2) is 9.37 Å². The second-order valence-electron chi connectivity index (χ2n) is 12.1. The van der Waals surface area contributed by atoms with E-state index in [1.807, 2.05) is 62.6 Å². The number of allylic oxidation sites excluding steroid dienone is 1. The van der Waals surface area contributed by atoms with Crippen LogP contribution in [0.2, 0.25) is 0 Å². The number of anilines is 1. The van der Waals surface area contributed by atoms with Crippen LogP contribution in [-0.4, -0.2) is 55.7 Å². The topological polar surface area (TPSA) is 98.4 Å². The monoisotopic (exact) mass is 622 g/mol. The molecule has 8 nitrogen and oxygen atoms in total. The summed E-state index contributed by atoms with van der Waals surface area (Å²) in [6, 6.07) is 25.4. The number of aryl methyl sites for hydroxylation is 1. The molecule has 7 aromatic rings. The zero-order chi connectivity index (χ0) is 32.3. The Morgan fingerprint density at radius 2 is 1.77 bits per heavy atom. The van der Waals surface area contributed by atoms with Gasteiger partial charge in [0.2, 0.25) is 0 Å². The fourth-order valence-corrected chi connectivity index (χ4v) is 5.92. The minimum Gasteiger partial charge on any atom is -0.358 e. The number of aromatic amines is 2. The van der Waals surface area contributed by atoms with Gasteiger partial charge in [-0.15, -0.1) is 0 Å². The molecule has 0 atom stereocenters. The Labute approximate surface area is 272 Å². The van der Waals surface area contributed by atoms with Gasteiger partial charge in [-0.1, -0.05) is 55.1 Å². The van der Waals surface area contributed by atoms with E-state index in [4.69, 9.17) is 4.98 Å². The van der Waals surface area contributed by atoms with Gasteiger partial charge in [0.25, 0.3) is 0 Å². The summed E-state index contributed by atoms with van der Waals surface area (Å²) in [4.78, 5) is 19.7. The molecule has 0 radical (unpaired) electrons. The van der Waals surface area contributed by atoms with Crippen molar-refractivity contribution in [2.24, 2.45) is 0 Å². The van der Waals surface area contributed by atoms with Crippen LogP contribution in [0, 0.1) is 5.82 Å². The molecule has 9 heteroatoms. The first-order valence-electron chi connectivity index (χ1n) is 15.6. The van der Waals surface area contributed by atoms with Crippen molar-refractivity contribution in [3.63, 3.8) is 0 Å². The Hall–Kier alpha value is -5.67. The molecular formula is C38H35FN8. The van der Waals surface area contributed by atoms with Crippen molar-refractivity contribution in [3.05, 3.63) is 127 Å². The molecule has 0 unspecified atom stereocenters. The lowest BCUT2D eigenvalue weighted by Gasteiger charge is -2.11. The van der Waals surface area contributed by atoms with Crippen LogP contribution >= 0.6 is 0 Å². The summed E-state index contributed by atoms with van der Waals surface area (Å²) < 4.78 is 14.8. The SMILES string of the molecule is C=C(Cc1ccccc1)Nc1cncc(-c2cc3c(-c4nc5c(-c6cc(F)cc(CCCN(C)C)c6)cccc5[nH]4)n[nH]c3cn2)c1. The summed E-state index contributed by atoms with van der Waals surface area (Å²) in [7, 11) is 4.09. The molecule has 0 bridgehead atoms. The van der Waals surface area contributed by atoms with E-state index in [2.05, 4.69) is 60.1 Å². The Bertz CT molecular complexity index is 2200. The van der Waals surface area contributed by atoms with E-state index in [1.54, 1.807) is 30.7 Å². The molecule has 0 aliphatic carbocycles. The van der Waals surface area contributed by atoms with Crippen LogP contribution in [0.1, 0.15) is 17.5 Å². The summed E-state index contributed by atoms with van der Waals surface area (Å²) in [5.74, 6) is 0.368. The molecule has 234 valence electrons. The van der Waals surface area contributed by atoms with Crippen LogP contribution < -0.4 is 5.32 Å². The van der Waals surface area contributed by atoms with Gasteiger partial charge in [-0.3, -0.25) is 15.1 Å². The molecule has 0 amide bonds. The summed E-state index contributed by atoms with van der Waals surface area (Å²) in [5, 5.41) is 12.0. The summed E-state index contributed by atoms with van der Waals surface area (Å²) in [6.07, 6.45) is 7.81. The van der Waals surface area contributed by atoms with Crippen molar-refractivity contribution in [1.29, 1.82) is 0 Å². The highest BCUT2D eigenvalue weighted by molar-refractivity contribution is 5.98. The summed E-state index contributed by atoms with van der Waals surface area (Å²) in [5.41, 5.74) is 10.2. The van der Waals surface area contributed by atoms with Crippen LogP contribution in [0.3, 0.4) is 0 Å². The Morgan fingerprint density at radius 3 is 2.62 bits per heavy atom. The first kappa shape index (κ1) is 30.0. The van der Waals surface area contributed by atoms with Crippen LogP contribution in [0.4, 0.5) is 10.1 Å². The summed E-state index contributed by atoms with van der Waals surface area (Å²) >= 11 is 0. The number of nitrogens with one attached hydrogen (secondary N) is 3. The van der Waals surface area contributed by atoms with Crippen molar-refractivity contribution in [2.75, 3.05) is 26.0 Å². The van der Waals surface area contributed by atoms with Gasteiger partial charge in [0.1, 0.15) is 11.5 Å². The van der Waals surface area contributed by atoms with E-state index in [9.17, 15) is 4.39 Å². The number of aromatic nitrogens is 6. The van der Waals surface area contributed by atoms with Gasteiger partial charge in [0.15, 0.2) is 5.82 Å². The van der Waals surface area contributed by atoms with Gasteiger partial charge in [0, 0.05) is 34.8 Å². The quantitative estimate of drug-likeness (QED) is 0.135. The van der Waals surface area contributed by atoms with Gasteiger partial charge in [-0.2, -0.15) is 5.10 Å². The molecule has 3 aromatic carbocycles. The Kier molecular flexibility index (Phi) is 8.29. The first-order valence-corrected chi connectivity index (χ1v) is 15.6. The first-order chi connectivity index (χ1) is 22.9. The average molecular weight is 623 g/mol. The van der Waals surface area contributed by atoms with E-state index in [0.29, 0.717) is 17.9 Å². The number of rotatable bonds is 11. The van der Waals surface area contributed by atoms with E-state index in [-0.39, 0.29) is 5.82 Å². The third-order valence-electron chi connectivity index (χ3n) is 8.14. The molecule has 0 aliphatic heterocycles. The van der Waals surface area contributed by atoms with Crippen molar-refractivity contribution in [2.45, 2.75) is 19.3 Å². The molecule has 0 spiro atoms. The number of nitrogens with zero attached hydrogens (tertiary/aromatic N) is 5. The molecule has 3 N–H and O–H groups in total. The average Bonchev–Trinajstić information content (AvgIpc) is 3.69. The normalized spacial score (nSPS) is 11.5. The summed E-state index contributed by atoms with van der Waals surface area (Å²) in [6.45, 7) is 5.15. The highest BCUT2D eigenvalue weighted by Crippen LogP contribution is 2.33. The van der Waals surface area contributed by atoms with Crippen molar-refractivity contribution in [3.8, 4) is 33.9 Å². The smallest absolute Gasteiger partial charge is 0.159 e. The van der Waals surface area contributed by atoms with Crippen LogP contribution in [0.25, 0.3) is 55.8 Å². The molecule has 4 heterocycles. The Morgan fingerprint density at radius 1 is 0.894 bits per heavy atom. The standard InChI is InChI=1S/C38H35FN8/c1-24(15-25-9-5-4-6-10-25)42-30-19-28(21-40-22-30)34-20-32-35(23-41-34)45-46-37(32)38-43-33-13-7-12-31(36(33)44-38)27-16-26(17-29(39)18-27)11-8-14-47(2)3/h4-7,9-10,12-13,16-23,42H,1,8,11,14-15H2,2-3H3,(H,43,44)(H,45,46). The third kappa shape index (κ3) is 6.66. The highest BCUT2D eigenvalue weighted by atomic mass is 19.1. The fraction of sp³-hybridized carbons (Fsp3) is 0.158. The third-order valence-corrected chi connectivity index (χ3v) is 8.14. The molecule has 0 saturated heterocycles. The fourth-order valence-electron chi connectivity index (χ4n) is 5.92. The van der Waals surface area contributed by atoms with E-state index in [0.717, 1.165) is 80.7 Å². The number of fused-ring (bicyclic) bond motifs is 2. The minimum atomic E-state index is -0.247. The number of halogens is 1. The molecule has 47 heavy (non-hydrogen) atoms. The largest absolute Gasteiger partial charge is 0.358 e. The molecular weight excluding hydrogens is 587 g/mol. The number of para-hydroxylation sites is 1. The van der Waals surface area contributed by atoms with E-state index >= 15 is 0 Å². The molecule has 4 aromatic heterocycles. The molecule has 7 rings (SSSR count). The number of imidazole rings is 1. The molecule has 0 fully saturated rings. The minimum absolute atomic E-state index is 0.247. The maximum absolute atomic E-state index is 14.8. The zero-order valence-electron chi connectivity index (χ0n) is 26.4. The van der Waals surface area contributed by atoms with Crippen LogP contribution in [0.5, 0.6) is 0 Å². The van der Waals surface area contributed by atoms with Gasteiger partial charge in [-0.05, 0) is 80.5 Å². The Balaban J connectivity index is 1.18. The van der Waals surface area contributed by atoms with Gasteiger partial charge in [0.05, 0.1) is 40.3 Å². The predicted octanol–water partition coefficient (Wildman–Crippen LogP) is 8.03. The van der Waals surface area contributed by atoms with Crippen LogP contribution in [-0.2, 0) is 12.8 Å². The molecule has 0 aliphatic rings. The second kappa shape index (κ2) is 13.0. The lowest BCUT2D eigenvalue weighted by molar-refractivity contribution is 0.400. The number of hydrogen-bond acceptors (Lipinski definition) is 6. The van der Waals surface area contributed by atoms with E-state index in [1.165, 1.54) is 5.56 Å². The van der Waals surface area contributed by atoms with Gasteiger partial charge >= 0.3 is 0 Å². The zero-order valence-corrected chi connectivity index (χ0v) is 26.4. The molecule has 0 saturated carbocycles. The van der Waals surface area contributed by atoms with Gasteiger partial charge < -0.3 is 15.2 Å². The maximum atomic E-state index is 14.8.